The lowest BCUT2D eigenvalue weighted by molar-refractivity contribution is -0.150. The number of carbonyl (C=O) groups is 4. The van der Waals surface area contributed by atoms with Gasteiger partial charge in [0, 0.05) is 21.3 Å². The van der Waals surface area contributed by atoms with E-state index in [-0.39, 0.29) is 11.4 Å². The fourth-order valence-electron chi connectivity index (χ4n) is 5.57. The molecule has 1 aromatic heterocycles. The van der Waals surface area contributed by atoms with Crippen LogP contribution in [0.1, 0.15) is 43.6 Å². The molecule has 13 nitrogen and oxygen atoms in total. The number of alkyl carbamates (subject to hydrolysis) is 1. The number of nitrogen functional groups attached to an aromatic ring is 1. The van der Waals surface area contributed by atoms with Gasteiger partial charge in [-0.2, -0.15) is 0 Å². The van der Waals surface area contributed by atoms with E-state index in [1.54, 1.807) is 39.0 Å². The Morgan fingerprint density at radius 1 is 1.04 bits per heavy atom. The number of alkyl halides is 1. The van der Waals surface area contributed by atoms with E-state index in [4.69, 9.17) is 25.7 Å². The van der Waals surface area contributed by atoms with Crippen molar-refractivity contribution in [3.05, 3.63) is 107 Å². The molecule has 6 N–H and O–H groups in total. The molecule has 0 radical (unpaired) electrons. The third-order valence-electron chi connectivity index (χ3n) is 7.96. The molecular weight excluding hydrogens is 807 g/mol. The molecule has 0 saturated carbocycles. The number of fused-ring (bicyclic) bond motifs is 2. The summed E-state index contributed by atoms with van der Waals surface area (Å²) in [6.45, 7) is 5.03. The number of hydrogen-bond acceptors (Lipinski definition) is 12. The van der Waals surface area contributed by atoms with E-state index >= 15 is 0 Å². The van der Waals surface area contributed by atoms with E-state index in [0.29, 0.717) is 31.1 Å². The van der Waals surface area contributed by atoms with Crippen LogP contribution in [0.2, 0.25) is 0 Å². The monoisotopic (exact) mass is 842 g/mol. The van der Waals surface area contributed by atoms with E-state index in [0.717, 1.165) is 11.1 Å². The number of ether oxygens (including phenoxy) is 3. The molecule has 3 atom stereocenters. The quantitative estimate of drug-likeness (QED) is 0.0548. The molecule has 3 aromatic carbocycles. The zero-order valence-corrected chi connectivity index (χ0v) is 31.5. The van der Waals surface area contributed by atoms with E-state index in [1.807, 2.05) is 60.7 Å². The number of nitrogens with one attached hydrogen (secondary N) is 2. The minimum atomic E-state index is -2.16. The van der Waals surface area contributed by atoms with Gasteiger partial charge < -0.3 is 25.3 Å². The molecule has 2 aliphatic heterocycles. The molecule has 51 heavy (non-hydrogen) atoms. The van der Waals surface area contributed by atoms with Crippen molar-refractivity contribution in [1.82, 2.24) is 20.5 Å². The van der Waals surface area contributed by atoms with Gasteiger partial charge in [-0.3, -0.25) is 25.5 Å². The SMILES string of the molecule is CC(C)(C)OC(=O)NC(N)(C(=O)NC1C(=O)N2C(OC(=O)OC(c3ccccc3)c3ccccc3)=C(CI)CS[C@@H]12)c1ccc2nc(N)sc2c1. The zero-order valence-electron chi connectivity index (χ0n) is 27.8. The first-order chi connectivity index (χ1) is 24.3. The Balaban J connectivity index is 1.22. The summed E-state index contributed by atoms with van der Waals surface area (Å²) in [7, 11) is 0. The third-order valence-corrected chi connectivity index (χ3v) is 11.1. The van der Waals surface area contributed by atoms with Gasteiger partial charge in [0.2, 0.25) is 5.88 Å². The third kappa shape index (κ3) is 7.78. The van der Waals surface area contributed by atoms with Crippen LogP contribution in [0.4, 0.5) is 14.7 Å². The van der Waals surface area contributed by atoms with E-state index in [9.17, 15) is 19.2 Å². The summed E-state index contributed by atoms with van der Waals surface area (Å²) in [6.07, 6.45) is -2.68. The lowest BCUT2D eigenvalue weighted by Gasteiger charge is -2.49. The van der Waals surface area contributed by atoms with E-state index in [2.05, 4.69) is 38.2 Å². The summed E-state index contributed by atoms with van der Waals surface area (Å²) in [6, 6.07) is 22.2. The number of thioether (sulfide) groups is 1. The van der Waals surface area contributed by atoms with Crippen molar-refractivity contribution in [3.63, 3.8) is 0 Å². The largest absolute Gasteiger partial charge is 0.516 e. The number of hydrogen-bond donors (Lipinski definition) is 4. The number of rotatable bonds is 9. The van der Waals surface area contributed by atoms with Crippen molar-refractivity contribution in [1.29, 1.82) is 0 Å². The lowest BCUT2D eigenvalue weighted by Crippen LogP contribution is -2.73. The maximum absolute atomic E-state index is 14.1. The van der Waals surface area contributed by atoms with Crippen molar-refractivity contribution >= 4 is 85.1 Å². The average molecular weight is 843 g/mol. The van der Waals surface area contributed by atoms with Gasteiger partial charge >= 0.3 is 12.2 Å². The van der Waals surface area contributed by atoms with Gasteiger partial charge in [0.1, 0.15) is 17.0 Å². The van der Waals surface area contributed by atoms with Crippen LogP contribution in [0.5, 0.6) is 0 Å². The van der Waals surface area contributed by atoms with Crippen molar-refractivity contribution in [2.45, 2.75) is 49.6 Å². The first kappa shape index (κ1) is 36.4. The number of benzene rings is 3. The second kappa shape index (κ2) is 14.7. The minimum Gasteiger partial charge on any atom is -0.444 e. The lowest BCUT2D eigenvalue weighted by atomic mass is 9.97. The Bertz CT molecular complexity index is 1970. The average Bonchev–Trinajstić information content (AvgIpc) is 3.48. The van der Waals surface area contributed by atoms with Gasteiger partial charge in [-0.05, 0) is 44.0 Å². The number of aromatic nitrogens is 1. The Labute approximate surface area is 315 Å². The molecule has 4 aromatic rings. The van der Waals surface area contributed by atoms with Crippen LogP contribution in [0.3, 0.4) is 0 Å². The van der Waals surface area contributed by atoms with Gasteiger partial charge in [0.15, 0.2) is 16.9 Å². The minimum absolute atomic E-state index is 0.0626. The number of nitrogens with two attached hydrogens (primary N) is 2. The molecule has 6 rings (SSSR count). The first-order valence-electron chi connectivity index (χ1n) is 15.8. The van der Waals surface area contributed by atoms with Crippen molar-refractivity contribution in [2.24, 2.45) is 5.73 Å². The Kier molecular flexibility index (Phi) is 10.5. The van der Waals surface area contributed by atoms with Crippen LogP contribution in [-0.2, 0) is 29.5 Å². The second-order valence-corrected chi connectivity index (χ2v) is 15.7. The Hall–Kier alpha value is -4.39. The first-order valence-corrected chi connectivity index (χ1v) is 19.1. The van der Waals surface area contributed by atoms with E-state index < -0.39 is 52.8 Å². The van der Waals surface area contributed by atoms with Gasteiger partial charge in [0.05, 0.1) is 10.2 Å². The predicted molar refractivity (Wildman–Crippen MR) is 202 cm³/mol. The summed E-state index contributed by atoms with van der Waals surface area (Å²) < 4.78 is 18.2. The topological polar surface area (TPSA) is 188 Å². The van der Waals surface area contributed by atoms with Crippen LogP contribution < -0.4 is 22.1 Å². The smallest absolute Gasteiger partial charge is 0.444 e. The molecule has 0 aliphatic carbocycles. The molecule has 3 amide bonds. The number of β-lactam (4-membered cyclic amide) rings is 1. The maximum atomic E-state index is 14.1. The number of anilines is 1. The molecule has 1 saturated heterocycles. The molecule has 3 heterocycles. The molecular formula is C35H35IN6O7S2. The summed E-state index contributed by atoms with van der Waals surface area (Å²) >= 11 is 4.72. The summed E-state index contributed by atoms with van der Waals surface area (Å²) in [4.78, 5) is 59.8. The fourth-order valence-corrected chi connectivity index (χ4v) is 8.63. The molecule has 16 heteroatoms. The van der Waals surface area contributed by atoms with Crippen molar-refractivity contribution in [2.75, 3.05) is 15.9 Å². The Morgan fingerprint density at radius 3 is 2.29 bits per heavy atom. The Morgan fingerprint density at radius 2 is 1.69 bits per heavy atom. The summed E-state index contributed by atoms with van der Waals surface area (Å²) in [5, 5.41) is 4.92. The zero-order chi connectivity index (χ0) is 36.5. The molecule has 0 bridgehead atoms. The maximum Gasteiger partial charge on any atom is 0.516 e. The molecule has 2 aliphatic rings. The van der Waals surface area contributed by atoms with Crippen molar-refractivity contribution in [3.8, 4) is 0 Å². The van der Waals surface area contributed by atoms with Crippen LogP contribution in [-0.4, -0.2) is 61.1 Å². The van der Waals surface area contributed by atoms with Gasteiger partial charge in [-0.15, -0.1) is 11.8 Å². The highest BCUT2D eigenvalue weighted by molar-refractivity contribution is 14.1. The highest BCUT2D eigenvalue weighted by Crippen LogP contribution is 2.42. The fraction of sp³-hybridized carbons (Fsp3) is 0.286. The number of amides is 3. The molecule has 266 valence electrons. The van der Waals surface area contributed by atoms with E-state index in [1.165, 1.54) is 28.0 Å². The normalized spacial score (nSPS) is 18.4. The number of thiazole rings is 1. The molecule has 1 fully saturated rings. The number of halogens is 1. The second-order valence-electron chi connectivity index (χ2n) is 12.7. The highest BCUT2D eigenvalue weighted by atomic mass is 127. The summed E-state index contributed by atoms with van der Waals surface area (Å²) in [5.74, 6) is -0.908. The highest BCUT2D eigenvalue weighted by Gasteiger charge is 2.55. The van der Waals surface area contributed by atoms with Crippen LogP contribution in [0, 0.1) is 0 Å². The van der Waals surface area contributed by atoms with Gasteiger partial charge in [-0.25, -0.2) is 14.6 Å². The van der Waals surface area contributed by atoms with Crippen LogP contribution in [0.15, 0.2) is 90.3 Å². The van der Waals surface area contributed by atoms with Gasteiger partial charge in [-0.1, -0.05) is 101 Å². The van der Waals surface area contributed by atoms with Crippen molar-refractivity contribution < 1.29 is 33.4 Å². The molecule has 0 spiro atoms. The predicted octanol–water partition coefficient (Wildman–Crippen LogP) is 5.50. The number of carbonyl (C=O) groups excluding carboxylic acids is 4. The molecule has 2 unspecified atom stereocenters. The summed E-state index contributed by atoms with van der Waals surface area (Å²) in [5.41, 5.74) is 12.5. The standard InChI is InChI=1S/C35H35IN6O7S2/c1-34(2,3)49-32(45)41-35(38,22-14-15-23-24(16-22)51-31(37)39-23)30(44)40-25-27(43)42-28(21(17-36)18-50-29(25)42)48-33(46)47-26(19-10-6-4-7-11-19)20-12-8-5-9-13-20/h4-16,25-26,29H,17-18,38H2,1-3H3,(H2,37,39)(H,40,44)(H,41,45)/t25?,29-,35?/m0/s1. The number of nitrogens with zero attached hydrogens (tertiary/aromatic N) is 2. The van der Waals surface area contributed by atoms with Crippen LogP contribution in [0.25, 0.3) is 10.2 Å². The van der Waals surface area contributed by atoms with Crippen LogP contribution >= 0.6 is 45.7 Å². The van der Waals surface area contributed by atoms with Gasteiger partial charge in [0.25, 0.3) is 11.8 Å².